The lowest BCUT2D eigenvalue weighted by atomic mass is 10.2. The molecule has 1 aliphatic heterocycles. The molecule has 1 rings (SSSR count). The lowest BCUT2D eigenvalue weighted by molar-refractivity contribution is -0.151. The summed E-state index contributed by atoms with van der Waals surface area (Å²) in [6.45, 7) is 4.69. The van der Waals surface area contributed by atoms with Crippen LogP contribution in [0.15, 0.2) is 0 Å². The van der Waals surface area contributed by atoms with E-state index >= 15 is 0 Å². The minimum atomic E-state index is -1.01. The van der Waals surface area contributed by atoms with Crippen LogP contribution in [0.2, 0.25) is 0 Å². The van der Waals surface area contributed by atoms with Crippen molar-refractivity contribution in [2.24, 2.45) is 0 Å². The molecule has 0 radical (unpaired) electrons. The molecule has 1 aliphatic rings. The highest BCUT2D eigenvalue weighted by Crippen LogP contribution is 2.19. The maximum absolute atomic E-state index is 11.6. The SMILES string of the molecule is CC(C)OCCNC(=O)[C@@H]1CC[C@H](C(=O)O)O1. The summed E-state index contributed by atoms with van der Waals surface area (Å²) in [5, 5.41) is 11.4. The first kappa shape index (κ1) is 13.9. The number of aliphatic carboxylic acids is 1. The van der Waals surface area contributed by atoms with Gasteiger partial charge in [0.15, 0.2) is 6.10 Å². The van der Waals surface area contributed by atoms with Crippen molar-refractivity contribution in [3.05, 3.63) is 0 Å². The second-order valence-electron chi connectivity index (χ2n) is 4.24. The molecule has 6 heteroatoms. The van der Waals surface area contributed by atoms with Crippen LogP contribution in [0.5, 0.6) is 0 Å². The highest BCUT2D eigenvalue weighted by atomic mass is 16.5. The van der Waals surface area contributed by atoms with E-state index in [1.165, 1.54) is 0 Å². The highest BCUT2D eigenvalue weighted by Gasteiger charge is 2.34. The summed E-state index contributed by atoms with van der Waals surface area (Å²) >= 11 is 0. The summed E-state index contributed by atoms with van der Waals surface area (Å²) in [5.41, 5.74) is 0. The molecule has 2 N–H and O–H groups in total. The van der Waals surface area contributed by atoms with Crippen molar-refractivity contribution in [3.63, 3.8) is 0 Å². The summed E-state index contributed by atoms with van der Waals surface area (Å²) < 4.78 is 10.4. The molecular weight excluding hydrogens is 226 g/mol. The van der Waals surface area contributed by atoms with Gasteiger partial charge < -0.3 is 19.9 Å². The third-order valence-electron chi connectivity index (χ3n) is 2.44. The molecule has 0 aromatic rings. The molecule has 0 aliphatic carbocycles. The lowest BCUT2D eigenvalue weighted by Gasteiger charge is -2.12. The Morgan fingerprint density at radius 2 is 2.06 bits per heavy atom. The van der Waals surface area contributed by atoms with E-state index in [9.17, 15) is 9.59 Å². The van der Waals surface area contributed by atoms with Gasteiger partial charge in [0.05, 0.1) is 12.7 Å². The van der Waals surface area contributed by atoms with Crippen molar-refractivity contribution >= 4 is 11.9 Å². The number of hydrogen-bond acceptors (Lipinski definition) is 4. The molecule has 2 atom stereocenters. The number of carbonyl (C=O) groups is 2. The van der Waals surface area contributed by atoms with Crippen LogP contribution in [0.3, 0.4) is 0 Å². The zero-order valence-electron chi connectivity index (χ0n) is 10.1. The van der Waals surface area contributed by atoms with Crippen molar-refractivity contribution in [2.75, 3.05) is 13.2 Å². The topological polar surface area (TPSA) is 84.9 Å². The van der Waals surface area contributed by atoms with Crippen LogP contribution in [-0.2, 0) is 19.1 Å². The van der Waals surface area contributed by atoms with Crippen LogP contribution >= 0.6 is 0 Å². The Labute approximate surface area is 100 Å². The van der Waals surface area contributed by atoms with Crippen LogP contribution in [-0.4, -0.2) is 48.4 Å². The summed E-state index contributed by atoms with van der Waals surface area (Å²) in [5.74, 6) is -1.27. The van der Waals surface area contributed by atoms with Crippen molar-refractivity contribution < 1.29 is 24.2 Å². The molecule has 98 valence electrons. The quantitative estimate of drug-likeness (QED) is 0.651. The summed E-state index contributed by atoms with van der Waals surface area (Å²) in [7, 11) is 0. The van der Waals surface area contributed by atoms with Gasteiger partial charge in [0, 0.05) is 6.54 Å². The predicted molar refractivity (Wildman–Crippen MR) is 59.6 cm³/mol. The standard InChI is InChI=1S/C11H19NO5/c1-7(2)16-6-5-12-10(13)8-3-4-9(17-8)11(14)15/h7-9H,3-6H2,1-2H3,(H,12,13)(H,14,15)/t8-,9+/m0/s1. The Morgan fingerprint density at radius 1 is 1.41 bits per heavy atom. The molecule has 1 heterocycles. The second kappa shape index (κ2) is 6.56. The number of ether oxygens (including phenoxy) is 2. The molecule has 6 nitrogen and oxygen atoms in total. The average Bonchev–Trinajstić information content (AvgIpc) is 2.73. The number of amides is 1. The van der Waals surface area contributed by atoms with E-state index in [0.717, 1.165) is 0 Å². The minimum absolute atomic E-state index is 0.131. The van der Waals surface area contributed by atoms with Crippen LogP contribution in [0.1, 0.15) is 26.7 Å². The zero-order valence-corrected chi connectivity index (χ0v) is 10.1. The Kier molecular flexibility index (Phi) is 5.37. The van der Waals surface area contributed by atoms with Gasteiger partial charge in [-0.1, -0.05) is 0 Å². The van der Waals surface area contributed by atoms with Crippen molar-refractivity contribution in [3.8, 4) is 0 Å². The summed E-state index contributed by atoms with van der Waals surface area (Å²) in [4.78, 5) is 22.2. The van der Waals surface area contributed by atoms with E-state index in [1.54, 1.807) is 0 Å². The molecule has 0 spiro atoms. The first-order chi connectivity index (χ1) is 8.00. The Balaban J connectivity index is 2.19. The number of hydrogen-bond donors (Lipinski definition) is 2. The number of rotatable bonds is 6. The third-order valence-corrected chi connectivity index (χ3v) is 2.44. The van der Waals surface area contributed by atoms with E-state index in [0.29, 0.717) is 26.0 Å². The second-order valence-corrected chi connectivity index (χ2v) is 4.24. The largest absolute Gasteiger partial charge is 0.479 e. The van der Waals surface area contributed by atoms with Gasteiger partial charge in [0.2, 0.25) is 5.91 Å². The number of carboxylic acid groups (broad SMARTS) is 1. The highest BCUT2D eigenvalue weighted by molar-refractivity contribution is 5.82. The fraction of sp³-hybridized carbons (Fsp3) is 0.818. The Bertz CT molecular complexity index is 279. The van der Waals surface area contributed by atoms with E-state index in [2.05, 4.69) is 5.32 Å². The van der Waals surface area contributed by atoms with Crippen LogP contribution in [0.25, 0.3) is 0 Å². The maximum Gasteiger partial charge on any atom is 0.332 e. The molecule has 1 saturated heterocycles. The van der Waals surface area contributed by atoms with Crippen LogP contribution in [0, 0.1) is 0 Å². The Hall–Kier alpha value is -1.14. The molecule has 17 heavy (non-hydrogen) atoms. The van der Waals surface area contributed by atoms with Crippen molar-refractivity contribution in [2.45, 2.75) is 45.0 Å². The van der Waals surface area contributed by atoms with Gasteiger partial charge in [0.1, 0.15) is 6.10 Å². The first-order valence-corrected chi connectivity index (χ1v) is 5.78. The fourth-order valence-corrected chi connectivity index (χ4v) is 1.59. The van der Waals surface area contributed by atoms with Crippen molar-refractivity contribution in [1.82, 2.24) is 5.32 Å². The van der Waals surface area contributed by atoms with Gasteiger partial charge in [-0.05, 0) is 26.7 Å². The van der Waals surface area contributed by atoms with Gasteiger partial charge in [-0.15, -0.1) is 0 Å². The van der Waals surface area contributed by atoms with Gasteiger partial charge in [-0.3, -0.25) is 4.79 Å². The molecule has 0 bridgehead atoms. The summed E-state index contributed by atoms with van der Waals surface area (Å²) in [6.07, 6.45) is -0.525. The van der Waals surface area contributed by atoms with Crippen LogP contribution in [0.4, 0.5) is 0 Å². The van der Waals surface area contributed by atoms with Gasteiger partial charge >= 0.3 is 5.97 Å². The summed E-state index contributed by atoms with van der Waals surface area (Å²) in [6, 6.07) is 0. The maximum atomic E-state index is 11.6. The zero-order chi connectivity index (χ0) is 12.8. The average molecular weight is 245 g/mol. The van der Waals surface area contributed by atoms with E-state index in [1.807, 2.05) is 13.8 Å². The van der Waals surface area contributed by atoms with E-state index in [4.69, 9.17) is 14.6 Å². The fourth-order valence-electron chi connectivity index (χ4n) is 1.59. The minimum Gasteiger partial charge on any atom is -0.479 e. The molecule has 1 amide bonds. The first-order valence-electron chi connectivity index (χ1n) is 5.78. The van der Waals surface area contributed by atoms with Gasteiger partial charge in [0.25, 0.3) is 0 Å². The van der Waals surface area contributed by atoms with Gasteiger partial charge in [-0.25, -0.2) is 4.79 Å². The molecule has 0 unspecified atom stereocenters. The predicted octanol–water partition coefficient (Wildman–Crippen LogP) is 0.160. The number of nitrogens with one attached hydrogen (secondary N) is 1. The smallest absolute Gasteiger partial charge is 0.332 e. The van der Waals surface area contributed by atoms with Crippen molar-refractivity contribution in [1.29, 1.82) is 0 Å². The third kappa shape index (κ3) is 4.70. The number of carboxylic acids is 1. The molecule has 1 fully saturated rings. The molecule has 0 saturated carbocycles. The normalized spacial score (nSPS) is 23.9. The van der Waals surface area contributed by atoms with Gasteiger partial charge in [-0.2, -0.15) is 0 Å². The van der Waals surface area contributed by atoms with E-state index in [-0.39, 0.29) is 12.0 Å². The number of carbonyl (C=O) groups excluding carboxylic acids is 1. The molecular formula is C11H19NO5. The Morgan fingerprint density at radius 3 is 2.59 bits per heavy atom. The molecule has 0 aromatic heterocycles. The monoisotopic (exact) mass is 245 g/mol. The lowest BCUT2D eigenvalue weighted by Crippen LogP contribution is -2.37. The van der Waals surface area contributed by atoms with Crippen LogP contribution < -0.4 is 5.32 Å². The van der Waals surface area contributed by atoms with E-state index < -0.39 is 18.2 Å². The molecule has 0 aromatic carbocycles.